The molecule has 1 atom stereocenters. The number of carbonyl (C=O) groups is 1. The van der Waals surface area contributed by atoms with Crippen molar-refractivity contribution in [2.45, 2.75) is 40.2 Å². The quantitative estimate of drug-likeness (QED) is 0.521. The molecule has 8 nitrogen and oxygen atoms in total. The summed E-state index contributed by atoms with van der Waals surface area (Å²) in [4.78, 5) is 12.8. The normalized spacial score (nSPS) is 16.6. The van der Waals surface area contributed by atoms with Crippen molar-refractivity contribution in [3.8, 4) is 11.5 Å². The van der Waals surface area contributed by atoms with Gasteiger partial charge in [0.1, 0.15) is 11.5 Å². The van der Waals surface area contributed by atoms with Crippen molar-refractivity contribution < 1.29 is 22.7 Å². The van der Waals surface area contributed by atoms with Crippen LogP contribution in [0, 0.1) is 5.92 Å². The number of rotatable bonds is 11. The lowest BCUT2D eigenvalue weighted by molar-refractivity contribution is -0.126. The minimum absolute atomic E-state index is 0.127. The molecule has 1 N–H and O–H groups in total. The monoisotopic (exact) mass is 489 g/mol. The summed E-state index contributed by atoms with van der Waals surface area (Å²) in [5.41, 5.74) is 1.54. The molecule has 34 heavy (non-hydrogen) atoms. The topological polar surface area (TPSA) is 88.2 Å². The van der Waals surface area contributed by atoms with Gasteiger partial charge in [0, 0.05) is 26.2 Å². The van der Waals surface area contributed by atoms with Crippen molar-refractivity contribution in [2.24, 2.45) is 5.92 Å². The summed E-state index contributed by atoms with van der Waals surface area (Å²) in [6.07, 6.45) is 1.30. The molecule has 1 unspecified atom stereocenters. The summed E-state index contributed by atoms with van der Waals surface area (Å²) < 4.78 is 40.6. The highest BCUT2D eigenvalue weighted by Gasteiger charge is 2.35. The molecule has 0 saturated carbocycles. The second kappa shape index (κ2) is 12.1. The molecule has 0 aliphatic carbocycles. The largest absolute Gasteiger partial charge is 0.494 e. The molecule has 0 bridgehead atoms. The molecule has 1 fully saturated rings. The van der Waals surface area contributed by atoms with Gasteiger partial charge in [-0.15, -0.1) is 0 Å². The zero-order valence-corrected chi connectivity index (χ0v) is 21.0. The van der Waals surface area contributed by atoms with E-state index < -0.39 is 10.2 Å². The Kier molecular flexibility index (Phi) is 9.18. The minimum Gasteiger partial charge on any atom is -0.494 e. The smallest absolute Gasteiger partial charge is 0.304 e. The van der Waals surface area contributed by atoms with Gasteiger partial charge in [0.25, 0.3) is 0 Å². The second-order valence-corrected chi connectivity index (χ2v) is 9.94. The van der Waals surface area contributed by atoms with Gasteiger partial charge in [-0.05, 0) is 75.6 Å². The van der Waals surface area contributed by atoms with E-state index in [9.17, 15) is 13.2 Å². The van der Waals surface area contributed by atoms with E-state index in [0.717, 1.165) is 11.3 Å². The fraction of sp³-hybridized carbons (Fsp3) is 0.480. The standard InChI is InChI=1S/C25H35N3O5S/c1-4-28(22-11-15-24(16-12-22)33-6-3)34(30,31)27-17-7-8-21(19-27)25(29)26-18-20-9-13-23(14-10-20)32-5-2/h9-16,21H,4-8,17-19H2,1-3H3,(H,26,29). The van der Waals surface area contributed by atoms with Crippen LogP contribution >= 0.6 is 0 Å². The first-order chi connectivity index (χ1) is 16.4. The third-order valence-corrected chi connectivity index (χ3v) is 7.79. The highest BCUT2D eigenvalue weighted by atomic mass is 32.2. The molecule has 0 aromatic heterocycles. The third kappa shape index (κ3) is 6.42. The van der Waals surface area contributed by atoms with Crippen LogP contribution in [0.5, 0.6) is 11.5 Å². The number of ether oxygens (including phenoxy) is 2. The van der Waals surface area contributed by atoms with Crippen molar-refractivity contribution in [3.63, 3.8) is 0 Å². The average Bonchev–Trinajstić information content (AvgIpc) is 2.85. The minimum atomic E-state index is -3.76. The van der Waals surface area contributed by atoms with Gasteiger partial charge in [-0.25, -0.2) is 0 Å². The predicted molar refractivity (Wildman–Crippen MR) is 133 cm³/mol. The Bertz CT molecular complexity index is 1030. The molecule has 1 saturated heterocycles. The van der Waals surface area contributed by atoms with E-state index in [-0.39, 0.29) is 18.4 Å². The van der Waals surface area contributed by atoms with Crippen molar-refractivity contribution in [1.29, 1.82) is 0 Å². The summed E-state index contributed by atoms with van der Waals surface area (Å²) in [6, 6.07) is 14.6. The highest BCUT2D eigenvalue weighted by molar-refractivity contribution is 7.90. The number of amides is 1. The molecule has 186 valence electrons. The molecule has 1 aliphatic heterocycles. The lowest BCUT2D eigenvalue weighted by atomic mass is 9.99. The molecule has 2 aromatic rings. The zero-order chi connectivity index (χ0) is 24.6. The number of carbonyl (C=O) groups excluding carboxylic acids is 1. The van der Waals surface area contributed by atoms with Gasteiger partial charge in [0.15, 0.2) is 0 Å². The van der Waals surface area contributed by atoms with Crippen LogP contribution in [0.2, 0.25) is 0 Å². The van der Waals surface area contributed by atoms with E-state index in [4.69, 9.17) is 9.47 Å². The van der Waals surface area contributed by atoms with Crippen molar-refractivity contribution in [3.05, 3.63) is 54.1 Å². The molecular formula is C25H35N3O5S. The summed E-state index contributed by atoms with van der Waals surface area (Å²) in [5, 5.41) is 2.96. The first kappa shape index (κ1) is 25.8. The molecule has 3 rings (SSSR count). The lowest BCUT2D eigenvalue weighted by Crippen LogP contribution is -2.50. The number of nitrogens with one attached hydrogen (secondary N) is 1. The Labute approximate surface area is 203 Å². The Morgan fingerprint density at radius 3 is 2.15 bits per heavy atom. The van der Waals surface area contributed by atoms with Crippen LogP contribution in [-0.4, -0.2) is 51.5 Å². The van der Waals surface area contributed by atoms with Crippen LogP contribution in [-0.2, 0) is 21.5 Å². The van der Waals surface area contributed by atoms with Gasteiger partial charge < -0.3 is 14.8 Å². The molecule has 2 aromatic carbocycles. The van der Waals surface area contributed by atoms with Crippen LogP contribution < -0.4 is 19.1 Å². The number of hydrogen-bond acceptors (Lipinski definition) is 5. The molecule has 9 heteroatoms. The number of benzene rings is 2. The number of anilines is 1. The maximum absolute atomic E-state index is 13.4. The zero-order valence-electron chi connectivity index (χ0n) is 20.2. The van der Waals surface area contributed by atoms with Gasteiger partial charge in [-0.3, -0.25) is 9.10 Å². The van der Waals surface area contributed by atoms with Gasteiger partial charge in [0.2, 0.25) is 5.91 Å². The molecule has 1 amide bonds. The lowest BCUT2D eigenvalue weighted by Gasteiger charge is -2.35. The maximum Gasteiger partial charge on any atom is 0.304 e. The summed E-state index contributed by atoms with van der Waals surface area (Å²) in [5.74, 6) is 0.976. The molecular weight excluding hydrogens is 454 g/mol. The van der Waals surface area contributed by atoms with Crippen LogP contribution in [0.1, 0.15) is 39.2 Å². The SMILES string of the molecule is CCOc1ccc(CNC(=O)C2CCCN(S(=O)(=O)N(CC)c3ccc(OCC)cc3)C2)cc1. The fourth-order valence-corrected chi connectivity index (χ4v) is 5.78. The van der Waals surface area contributed by atoms with E-state index >= 15 is 0 Å². The second-order valence-electron chi connectivity index (χ2n) is 8.09. The first-order valence-electron chi connectivity index (χ1n) is 11.9. The third-order valence-electron chi connectivity index (χ3n) is 5.78. The van der Waals surface area contributed by atoms with Crippen LogP contribution in [0.15, 0.2) is 48.5 Å². The van der Waals surface area contributed by atoms with Crippen molar-refractivity contribution >= 4 is 21.8 Å². The average molecular weight is 490 g/mol. The Morgan fingerprint density at radius 1 is 1.00 bits per heavy atom. The predicted octanol–water partition coefficient (Wildman–Crippen LogP) is 3.58. The first-order valence-corrected chi connectivity index (χ1v) is 13.3. The van der Waals surface area contributed by atoms with E-state index in [1.165, 1.54) is 8.61 Å². The molecule has 1 aliphatic rings. The fourth-order valence-electron chi connectivity index (χ4n) is 4.06. The maximum atomic E-state index is 13.4. The summed E-state index contributed by atoms with van der Waals surface area (Å²) >= 11 is 0. The van der Waals surface area contributed by atoms with Gasteiger partial charge in [-0.2, -0.15) is 12.7 Å². The van der Waals surface area contributed by atoms with Crippen molar-refractivity contribution in [2.75, 3.05) is 37.2 Å². The van der Waals surface area contributed by atoms with E-state index in [2.05, 4.69) is 5.32 Å². The van der Waals surface area contributed by atoms with E-state index in [1.54, 1.807) is 31.2 Å². The Hall–Kier alpha value is -2.78. The van der Waals surface area contributed by atoms with Gasteiger partial charge >= 0.3 is 10.2 Å². The van der Waals surface area contributed by atoms with Gasteiger partial charge in [0.05, 0.1) is 24.8 Å². The van der Waals surface area contributed by atoms with Crippen LogP contribution in [0.25, 0.3) is 0 Å². The number of nitrogens with zero attached hydrogens (tertiary/aromatic N) is 2. The number of piperidine rings is 1. The summed E-state index contributed by atoms with van der Waals surface area (Å²) in [7, 11) is -3.76. The molecule has 1 heterocycles. The van der Waals surface area contributed by atoms with Gasteiger partial charge in [-0.1, -0.05) is 12.1 Å². The summed E-state index contributed by atoms with van der Waals surface area (Å²) in [6.45, 7) is 8.04. The molecule has 0 spiro atoms. The van der Waals surface area contributed by atoms with Crippen LogP contribution in [0.3, 0.4) is 0 Å². The van der Waals surface area contributed by atoms with E-state index in [1.807, 2.05) is 38.1 Å². The number of hydrogen-bond donors (Lipinski definition) is 1. The molecule has 0 radical (unpaired) electrons. The van der Waals surface area contributed by atoms with Crippen LogP contribution in [0.4, 0.5) is 5.69 Å². The Balaban J connectivity index is 1.62. The van der Waals surface area contributed by atoms with E-state index in [0.29, 0.717) is 57.1 Å². The highest BCUT2D eigenvalue weighted by Crippen LogP contribution is 2.27. The van der Waals surface area contributed by atoms with Crippen molar-refractivity contribution in [1.82, 2.24) is 9.62 Å². The Morgan fingerprint density at radius 2 is 1.59 bits per heavy atom.